The molecule has 0 radical (unpaired) electrons. The Hall–Kier alpha value is -3.66. The van der Waals surface area contributed by atoms with E-state index >= 15 is 0 Å². The van der Waals surface area contributed by atoms with Gasteiger partial charge in [-0.05, 0) is 59.2 Å². The molecule has 184 valence electrons. The van der Waals surface area contributed by atoms with Gasteiger partial charge in [0.15, 0.2) is 0 Å². The van der Waals surface area contributed by atoms with Gasteiger partial charge in [0.05, 0.1) is 21.7 Å². The molecule has 0 N–H and O–H groups in total. The summed E-state index contributed by atoms with van der Waals surface area (Å²) >= 11 is 0. The van der Waals surface area contributed by atoms with Crippen molar-refractivity contribution in [3.05, 3.63) is 91.9 Å². The van der Waals surface area contributed by atoms with Crippen LogP contribution in [0.1, 0.15) is 58.4 Å². The predicted molar refractivity (Wildman–Crippen MR) is 148 cm³/mol. The molecule has 5 rings (SSSR count). The first kappa shape index (κ1) is 24.1. The van der Waals surface area contributed by atoms with Crippen LogP contribution >= 0.6 is 0 Å². The molecule has 4 nitrogen and oxygen atoms in total. The van der Waals surface area contributed by atoms with Crippen molar-refractivity contribution in [2.75, 3.05) is 0 Å². The molecule has 0 bridgehead atoms. The van der Waals surface area contributed by atoms with Crippen molar-refractivity contribution < 1.29 is 8.83 Å². The zero-order valence-electron chi connectivity index (χ0n) is 22.0. The van der Waals surface area contributed by atoms with E-state index in [1.807, 2.05) is 55.5 Å². The van der Waals surface area contributed by atoms with Crippen LogP contribution in [0.5, 0.6) is 0 Å². The number of aryl methyl sites for hydroxylation is 1. The highest BCUT2D eigenvalue weighted by Crippen LogP contribution is 2.41. The van der Waals surface area contributed by atoms with Crippen LogP contribution in [0.15, 0.2) is 73.0 Å². The molecule has 0 amide bonds. The van der Waals surface area contributed by atoms with E-state index < -0.39 is 5.41 Å². The molecular formula is C32H32O4. The molecule has 4 heteroatoms. The van der Waals surface area contributed by atoms with Crippen molar-refractivity contribution in [3.8, 4) is 11.1 Å². The van der Waals surface area contributed by atoms with E-state index in [9.17, 15) is 9.59 Å². The van der Waals surface area contributed by atoms with Crippen molar-refractivity contribution in [3.63, 3.8) is 0 Å². The lowest BCUT2D eigenvalue weighted by Gasteiger charge is -2.27. The van der Waals surface area contributed by atoms with Gasteiger partial charge in [-0.15, -0.1) is 0 Å². The van der Waals surface area contributed by atoms with Crippen LogP contribution in [0.25, 0.3) is 44.0 Å². The van der Waals surface area contributed by atoms with Crippen LogP contribution < -0.4 is 10.9 Å². The summed E-state index contributed by atoms with van der Waals surface area (Å²) in [6.07, 6.45) is 0.588. The van der Waals surface area contributed by atoms with E-state index in [4.69, 9.17) is 8.83 Å². The van der Waals surface area contributed by atoms with Gasteiger partial charge in [-0.25, -0.2) is 0 Å². The van der Waals surface area contributed by atoms with Gasteiger partial charge in [0.2, 0.25) is 10.9 Å². The maximum Gasteiger partial charge on any atom is 0.200 e. The van der Waals surface area contributed by atoms with Crippen LogP contribution in [0.2, 0.25) is 0 Å². The van der Waals surface area contributed by atoms with Gasteiger partial charge in [-0.3, -0.25) is 9.59 Å². The van der Waals surface area contributed by atoms with E-state index in [1.54, 1.807) is 6.07 Å². The largest absolute Gasteiger partial charge is 0.460 e. The van der Waals surface area contributed by atoms with E-state index in [0.29, 0.717) is 50.7 Å². The van der Waals surface area contributed by atoms with Gasteiger partial charge >= 0.3 is 0 Å². The third kappa shape index (κ3) is 3.95. The lowest BCUT2D eigenvalue weighted by Crippen LogP contribution is -2.20. The summed E-state index contributed by atoms with van der Waals surface area (Å²) in [5, 5.41) is 1.66. The molecule has 0 atom stereocenters. The Labute approximate surface area is 210 Å². The Morgan fingerprint density at radius 2 is 1.31 bits per heavy atom. The number of benzene rings is 3. The van der Waals surface area contributed by atoms with Gasteiger partial charge in [-0.2, -0.15) is 0 Å². The highest BCUT2D eigenvalue weighted by molar-refractivity contribution is 5.98. The number of hydrogen-bond acceptors (Lipinski definition) is 4. The molecule has 0 saturated carbocycles. The summed E-state index contributed by atoms with van der Waals surface area (Å²) < 4.78 is 12.9. The molecule has 0 saturated heterocycles. The quantitative estimate of drug-likeness (QED) is 0.241. The maximum atomic E-state index is 14.1. The summed E-state index contributed by atoms with van der Waals surface area (Å²) in [6.45, 7) is 14.6. The smallest absolute Gasteiger partial charge is 0.200 e. The van der Waals surface area contributed by atoms with E-state index in [-0.39, 0.29) is 16.3 Å². The van der Waals surface area contributed by atoms with E-state index in [1.165, 1.54) is 0 Å². The van der Waals surface area contributed by atoms with Crippen LogP contribution in [0.3, 0.4) is 0 Å². The molecule has 0 aliphatic carbocycles. The number of rotatable bonds is 2. The second-order valence-electron chi connectivity index (χ2n) is 12.0. The number of para-hydroxylation sites is 2. The van der Waals surface area contributed by atoms with Crippen molar-refractivity contribution in [1.29, 1.82) is 0 Å². The zero-order valence-corrected chi connectivity index (χ0v) is 22.0. The van der Waals surface area contributed by atoms with Crippen LogP contribution in [0.4, 0.5) is 0 Å². The average molecular weight is 481 g/mol. The Bertz CT molecular complexity index is 1770. The van der Waals surface area contributed by atoms with Gasteiger partial charge in [0, 0.05) is 12.0 Å². The van der Waals surface area contributed by atoms with E-state index in [2.05, 4.69) is 41.5 Å². The third-order valence-corrected chi connectivity index (χ3v) is 6.63. The van der Waals surface area contributed by atoms with Crippen LogP contribution in [-0.2, 0) is 11.8 Å². The van der Waals surface area contributed by atoms with E-state index in [0.717, 1.165) is 16.7 Å². The van der Waals surface area contributed by atoms with Gasteiger partial charge < -0.3 is 8.83 Å². The van der Waals surface area contributed by atoms with Crippen molar-refractivity contribution in [1.82, 2.24) is 0 Å². The summed E-state index contributed by atoms with van der Waals surface area (Å²) in [4.78, 5) is 27.7. The molecule has 3 aromatic carbocycles. The van der Waals surface area contributed by atoms with Crippen LogP contribution in [-0.4, -0.2) is 0 Å². The SMILES string of the molecule is Cc1cc(-c2c(CC(C)(C)C)oc3ccccc3c2=O)c(C(C)(C)C)c2oc3ccccc3c(=O)c12. The molecule has 2 aromatic heterocycles. The first-order valence-corrected chi connectivity index (χ1v) is 12.4. The first-order valence-electron chi connectivity index (χ1n) is 12.4. The first-order chi connectivity index (χ1) is 16.9. The fraction of sp³-hybridized carbons (Fsp3) is 0.312. The van der Waals surface area contributed by atoms with Crippen LogP contribution in [0, 0.1) is 12.3 Å². The molecule has 0 aliphatic rings. The molecule has 36 heavy (non-hydrogen) atoms. The third-order valence-electron chi connectivity index (χ3n) is 6.63. The second-order valence-corrected chi connectivity index (χ2v) is 12.0. The standard InChI is InChI=1S/C32H32O4/c1-18-16-21(26-24(17-31(2,3)4)35-22-14-10-8-12-19(22)29(26)34)27(32(5,6)7)30-25(18)28(33)20-13-9-11-15-23(20)36-30/h8-16H,17H2,1-7H3. The monoisotopic (exact) mass is 480 g/mol. The van der Waals surface area contributed by atoms with Crippen molar-refractivity contribution >= 4 is 32.9 Å². The van der Waals surface area contributed by atoms with Gasteiger partial charge in [0.25, 0.3) is 0 Å². The molecule has 5 aromatic rings. The number of fused-ring (bicyclic) bond motifs is 3. The molecule has 0 fully saturated rings. The Balaban J connectivity index is 2.01. The highest BCUT2D eigenvalue weighted by atomic mass is 16.3. The molecule has 0 aliphatic heterocycles. The van der Waals surface area contributed by atoms with Gasteiger partial charge in [0.1, 0.15) is 22.5 Å². The molecule has 0 unspecified atom stereocenters. The Morgan fingerprint density at radius 1 is 0.750 bits per heavy atom. The molecule has 2 heterocycles. The Kier molecular flexibility index (Phi) is 5.47. The topological polar surface area (TPSA) is 60.4 Å². The van der Waals surface area contributed by atoms with Crippen molar-refractivity contribution in [2.24, 2.45) is 5.41 Å². The number of hydrogen-bond donors (Lipinski definition) is 0. The second kappa shape index (κ2) is 8.19. The Morgan fingerprint density at radius 3 is 1.89 bits per heavy atom. The zero-order chi connectivity index (χ0) is 26.0. The molecule has 0 spiro atoms. The summed E-state index contributed by atoms with van der Waals surface area (Å²) in [5.74, 6) is 0.651. The summed E-state index contributed by atoms with van der Waals surface area (Å²) in [5.41, 5.74) is 3.95. The average Bonchev–Trinajstić information content (AvgIpc) is 2.77. The lowest BCUT2D eigenvalue weighted by atomic mass is 9.78. The molecular weight excluding hydrogens is 448 g/mol. The summed E-state index contributed by atoms with van der Waals surface area (Å²) in [6, 6.07) is 16.7. The summed E-state index contributed by atoms with van der Waals surface area (Å²) in [7, 11) is 0. The minimum absolute atomic E-state index is 0.0538. The fourth-order valence-corrected chi connectivity index (χ4v) is 5.17. The minimum Gasteiger partial charge on any atom is -0.460 e. The fourth-order valence-electron chi connectivity index (χ4n) is 5.17. The normalized spacial score (nSPS) is 12.6. The van der Waals surface area contributed by atoms with Crippen molar-refractivity contribution in [2.45, 2.75) is 60.3 Å². The van der Waals surface area contributed by atoms with Gasteiger partial charge in [-0.1, -0.05) is 65.8 Å². The lowest BCUT2D eigenvalue weighted by molar-refractivity contribution is 0.368. The highest BCUT2D eigenvalue weighted by Gasteiger charge is 2.30. The maximum absolute atomic E-state index is 14.1. The predicted octanol–water partition coefficient (Wildman–Crippen LogP) is 7.91. The minimum atomic E-state index is -0.420.